The second kappa shape index (κ2) is 26.3. The third kappa shape index (κ3) is 21.1. The molecule has 2 atom stereocenters. The first-order chi connectivity index (χ1) is 31.0. The van der Waals surface area contributed by atoms with E-state index in [-0.39, 0.29) is 38.3 Å². The summed E-state index contributed by atoms with van der Waals surface area (Å²) >= 11 is 0. The summed E-state index contributed by atoms with van der Waals surface area (Å²) in [7, 11) is 0. The molecule has 0 bridgehead atoms. The van der Waals surface area contributed by atoms with Crippen molar-refractivity contribution in [2.75, 3.05) is 58.0 Å². The number of ether oxygens (including phenoxy) is 6. The first-order valence-corrected chi connectivity index (χ1v) is 21.4. The molecule has 1 aromatic heterocycles. The molecule has 0 aliphatic rings. The Kier molecular flexibility index (Phi) is 20.6. The largest absolute Gasteiger partial charge is 0.444 e. The highest BCUT2D eigenvalue weighted by atomic mass is 16.6. The molecule has 0 aliphatic carbocycles. The summed E-state index contributed by atoms with van der Waals surface area (Å²) in [5.41, 5.74) is 1.45. The quantitative estimate of drug-likeness (QED) is 0.0566. The second-order valence-electron chi connectivity index (χ2n) is 16.6. The smallest absolute Gasteiger partial charge is 0.412 e. The van der Waals surface area contributed by atoms with Crippen LogP contribution in [0, 0.1) is 0 Å². The highest BCUT2D eigenvalue weighted by Gasteiger charge is 2.26. The van der Waals surface area contributed by atoms with E-state index in [1.165, 1.54) is 0 Å². The highest BCUT2D eigenvalue weighted by Crippen LogP contribution is 2.17. The summed E-state index contributed by atoms with van der Waals surface area (Å²) in [6, 6.07) is 23.0. The first-order valence-electron chi connectivity index (χ1n) is 21.4. The van der Waals surface area contributed by atoms with E-state index >= 15 is 0 Å². The third-order valence-electron chi connectivity index (χ3n) is 8.69. The normalized spacial score (nSPS) is 12.3. The van der Waals surface area contributed by atoms with Crippen LogP contribution in [-0.4, -0.2) is 121 Å². The Morgan fingerprint density at radius 2 is 1.18 bits per heavy atom. The Labute approximate surface area is 379 Å². The number of benzene rings is 3. The number of amides is 5. The lowest BCUT2D eigenvalue weighted by molar-refractivity contribution is -0.123. The van der Waals surface area contributed by atoms with Crippen LogP contribution in [0.3, 0.4) is 0 Å². The van der Waals surface area contributed by atoms with Gasteiger partial charge >= 0.3 is 18.3 Å². The van der Waals surface area contributed by atoms with Crippen LogP contribution >= 0.6 is 0 Å². The minimum Gasteiger partial charge on any atom is -0.444 e. The van der Waals surface area contributed by atoms with Crippen LogP contribution in [0.15, 0.2) is 91.1 Å². The molecule has 5 amide bonds. The van der Waals surface area contributed by atoms with Crippen LogP contribution in [0.25, 0.3) is 11.3 Å². The Morgan fingerprint density at radius 3 is 1.80 bits per heavy atom. The van der Waals surface area contributed by atoms with E-state index in [0.717, 1.165) is 11.3 Å². The molecule has 19 nitrogen and oxygen atoms in total. The molecule has 0 saturated carbocycles. The Balaban J connectivity index is 1.14. The van der Waals surface area contributed by atoms with Gasteiger partial charge in [-0.1, -0.05) is 65.9 Å². The number of nitrogens with zero attached hydrogens (tertiary/aromatic N) is 3. The van der Waals surface area contributed by atoms with Gasteiger partial charge in [-0.3, -0.25) is 9.59 Å². The van der Waals surface area contributed by atoms with Gasteiger partial charge in [0.05, 0.1) is 52.4 Å². The first kappa shape index (κ1) is 51.1. The molecule has 0 aliphatic heterocycles. The number of hydrogen-bond donors (Lipinski definition) is 5. The molecule has 0 saturated heterocycles. The summed E-state index contributed by atoms with van der Waals surface area (Å²) in [5.74, 6) is -0.746. The summed E-state index contributed by atoms with van der Waals surface area (Å²) in [6.07, 6.45) is -0.343. The van der Waals surface area contributed by atoms with Crippen molar-refractivity contribution < 1.29 is 52.4 Å². The van der Waals surface area contributed by atoms with E-state index in [0.29, 0.717) is 50.8 Å². The average Bonchev–Trinajstić information content (AvgIpc) is 3.72. The fraction of sp³-hybridized carbons (Fsp3) is 0.457. The van der Waals surface area contributed by atoms with Crippen LogP contribution in [0.4, 0.5) is 20.1 Å². The van der Waals surface area contributed by atoms with Crippen LogP contribution < -0.4 is 31.3 Å². The van der Waals surface area contributed by atoms with Crippen LogP contribution in [0.2, 0.25) is 0 Å². The molecule has 19 heteroatoms. The lowest BCUT2D eigenvalue weighted by Crippen LogP contribution is -2.50. The molecule has 0 fully saturated rings. The van der Waals surface area contributed by atoms with Gasteiger partial charge in [0.2, 0.25) is 11.8 Å². The minimum absolute atomic E-state index is 0.0144. The number of aromatic nitrogens is 3. The minimum atomic E-state index is -1.05. The van der Waals surface area contributed by atoms with Crippen molar-refractivity contribution in [3.63, 3.8) is 0 Å². The number of para-hydroxylation sites is 1. The number of hydrogen-bond acceptors (Lipinski definition) is 13. The zero-order chi connectivity index (χ0) is 47.1. The summed E-state index contributed by atoms with van der Waals surface area (Å²) in [4.78, 5) is 64.2. The zero-order valence-electron chi connectivity index (χ0n) is 37.9. The van der Waals surface area contributed by atoms with Crippen molar-refractivity contribution in [3.05, 3.63) is 96.7 Å². The van der Waals surface area contributed by atoms with Gasteiger partial charge in [-0.2, -0.15) is 0 Å². The second-order valence-corrected chi connectivity index (χ2v) is 16.6. The van der Waals surface area contributed by atoms with Gasteiger partial charge in [0, 0.05) is 30.8 Å². The highest BCUT2D eigenvalue weighted by molar-refractivity contribution is 5.96. The predicted octanol–water partition coefficient (Wildman–Crippen LogP) is 5.26. The summed E-state index contributed by atoms with van der Waals surface area (Å²) in [6.45, 7) is 13.0. The maximum Gasteiger partial charge on any atom is 0.412 e. The topological polar surface area (TPSA) is 232 Å². The van der Waals surface area contributed by atoms with Crippen molar-refractivity contribution in [2.45, 2.75) is 84.2 Å². The molecular formula is C46H62N8O11. The van der Waals surface area contributed by atoms with Gasteiger partial charge in [-0.15, -0.1) is 5.10 Å². The molecule has 352 valence electrons. The molecule has 0 radical (unpaired) electrons. The molecule has 2 unspecified atom stereocenters. The van der Waals surface area contributed by atoms with Gasteiger partial charge < -0.3 is 55.0 Å². The van der Waals surface area contributed by atoms with Crippen molar-refractivity contribution in [1.29, 1.82) is 0 Å². The van der Waals surface area contributed by atoms with Crippen molar-refractivity contribution in [1.82, 2.24) is 36.3 Å². The number of carbonyl (C=O) groups is 5. The Hall–Kier alpha value is -6.57. The van der Waals surface area contributed by atoms with Crippen LogP contribution in [-0.2, 0) is 46.2 Å². The average molecular weight is 903 g/mol. The van der Waals surface area contributed by atoms with Crippen LogP contribution in [0.5, 0.6) is 5.75 Å². The fourth-order valence-corrected chi connectivity index (χ4v) is 5.74. The van der Waals surface area contributed by atoms with Gasteiger partial charge in [0.1, 0.15) is 34.7 Å². The summed E-state index contributed by atoms with van der Waals surface area (Å²) in [5, 5.41) is 21.6. The Morgan fingerprint density at radius 1 is 0.615 bits per heavy atom. The van der Waals surface area contributed by atoms with Gasteiger partial charge in [-0.25, -0.2) is 19.1 Å². The van der Waals surface area contributed by atoms with E-state index in [9.17, 15) is 24.0 Å². The number of anilines is 1. The maximum atomic E-state index is 13.2. The van der Waals surface area contributed by atoms with Gasteiger partial charge in [0.25, 0.3) is 0 Å². The lowest BCUT2D eigenvalue weighted by Gasteiger charge is -2.23. The zero-order valence-corrected chi connectivity index (χ0v) is 37.9. The van der Waals surface area contributed by atoms with E-state index in [1.54, 1.807) is 94.8 Å². The number of nitrogens with one attached hydrogen (secondary N) is 5. The van der Waals surface area contributed by atoms with Gasteiger partial charge in [-0.05, 0) is 77.8 Å². The molecule has 3 aromatic carbocycles. The predicted molar refractivity (Wildman–Crippen MR) is 241 cm³/mol. The van der Waals surface area contributed by atoms with Crippen molar-refractivity contribution in [3.8, 4) is 17.0 Å². The Bertz CT molecular complexity index is 2070. The maximum absolute atomic E-state index is 13.2. The monoisotopic (exact) mass is 902 g/mol. The number of alkyl carbamates (subject to hydrolysis) is 2. The van der Waals surface area contributed by atoms with Crippen LogP contribution in [0.1, 0.15) is 53.5 Å². The molecule has 65 heavy (non-hydrogen) atoms. The van der Waals surface area contributed by atoms with Crippen molar-refractivity contribution >= 4 is 35.8 Å². The molecular weight excluding hydrogens is 841 g/mol. The molecule has 4 rings (SSSR count). The third-order valence-corrected chi connectivity index (χ3v) is 8.69. The van der Waals surface area contributed by atoms with Crippen molar-refractivity contribution in [2.24, 2.45) is 0 Å². The number of rotatable bonds is 24. The molecule has 4 aromatic rings. The SMILES string of the molecule is CC(C)(C)OC(=O)NC(CCNC(=O)Oc1ccc(CC(NC(=O)OC(C)(C)C)C(=O)Nc2ccccc2)cc1)C(=O)NCCOCCOCCOCCn1cc(-c2ccccc2)nn1. The van der Waals surface area contributed by atoms with E-state index < -0.39 is 53.4 Å². The number of carbonyl (C=O) groups excluding carboxylic acids is 5. The van der Waals surface area contributed by atoms with E-state index in [2.05, 4.69) is 36.9 Å². The van der Waals surface area contributed by atoms with E-state index in [1.807, 2.05) is 42.6 Å². The fourth-order valence-electron chi connectivity index (χ4n) is 5.74. The lowest BCUT2D eigenvalue weighted by atomic mass is 10.0. The molecule has 5 N–H and O–H groups in total. The molecule has 1 heterocycles. The van der Waals surface area contributed by atoms with Gasteiger partial charge in [0.15, 0.2) is 0 Å². The summed E-state index contributed by atoms with van der Waals surface area (Å²) < 4.78 is 34.6. The standard InChI is InChI=1S/C46H62N8O11/c1-45(2,3)64-43(58)50-37(40(55)47-23-25-60-27-29-62-30-28-61-26-24-54-32-39(52-53-54)34-13-9-7-10-14-34)21-22-48-42(57)63-36-19-17-33(18-20-36)31-38(51-44(59)65-46(4,5)6)41(56)49-35-15-11-8-12-16-35/h7-20,32,37-38H,21-31H2,1-6H3,(H,47,55)(H,48,57)(H,49,56)(H,50,58)(H,51,59). The molecule has 0 spiro atoms. The van der Waals surface area contributed by atoms with E-state index in [4.69, 9.17) is 28.4 Å².